The number of pyridine rings is 1. The molecule has 0 aliphatic heterocycles. The van der Waals surface area contributed by atoms with Crippen molar-refractivity contribution in [1.29, 1.82) is 0 Å². The SMILES string of the molecule is CNC(Cc1cccc(F)c1)c1cncc(C)c1. The lowest BCUT2D eigenvalue weighted by molar-refractivity contribution is 0.582. The van der Waals surface area contributed by atoms with E-state index in [-0.39, 0.29) is 11.9 Å². The Morgan fingerprint density at radius 3 is 2.78 bits per heavy atom. The maximum Gasteiger partial charge on any atom is 0.123 e. The standard InChI is InChI=1S/C15H17FN2/c1-11-6-13(10-18-9-11)15(17-2)8-12-4-3-5-14(16)7-12/h3-7,9-10,15,17H,8H2,1-2H3. The summed E-state index contributed by atoms with van der Waals surface area (Å²) in [6.07, 6.45) is 4.44. The molecule has 1 N–H and O–H groups in total. The zero-order valence-corrected chi connectivity index (χ0v) is 10.7. The van der Waals surface area contributed by atoms with Gasteiger partial charge in [-0.05, 0) is 49.2 Å². The Hall–Kier alpha value is -1.74. The lowest BCUT2D eigenvalue weighted by Crippen LogP contribution is -2.19. The molecule has 1 heterocycles. The van der Waals surface area contributed by atoms with Crippen LogP contribution in [0, 0.1) is 12.7 Å². The van der Waals surface area contributed by atoms with Gasteiger partial charge in [0, 0.05) is 18.4 Å². The number of aryl methyl sites for hydroxylation is 1. The van der Waals surface area contributed by atoms with E-state index in [2.05, 4.69) is 16.4 Å². The molecule has 0 aliphatic rings. The summed E-state index contributed by atoms with van der Waals surface area (Å²) >= 11 is 0. The number of hydrogen-bond donors (Lipinski definition) is 1. The second kappa shape index (κ2) is 5.74. The summed E-state index contributed by atoms with van der Waals surface area (Å²) in [6, 6.07) is 8.98. The number of halogens is 1. The first-order valence-electron chi connectivity index (χ1n) is 6.02. The molecule has 0 amide bonds. The topological polar surface area (TPSA) is 24.9 Å². The normalized spacial score (nSPS) is 12.4. The van der Waals surface area contributed by atoms with Crippen LogP contribution in [0.5, 0.6) is 0 Å². The Balaban J connectivity index is 2.19. The highest BCUT2D eigenvalue weighted by atomic mass is 19.1. The second-order valence-corrected chi connectivity index (χ2v) is 4.47. The fourth-order valence-corrected chi connectivity index (χ4v) is 2.06. The number of aromatic nitrogens is 1. The number of nitrogens with zero attached hydrogens (tertiary/aromatic N) is 1. The van der Waals surface area contributed by atoms with Gasteiger partial charge in [-0.25, -0.2) is 4.39 Å². The molecule has 2 rings (SSSR count). The van der Waals surface area contributed by atoms with Gasteiger partial charge in [0.25, 0.3) is 0 Å². The molecule has 0 bridgehead atoms. The highest BCUT2D eigenvalue weighted by Gasteiger charge is 2.11. The maximum absolute atomic E-state index is 13.2. The van der Waals surface area contributed by atoms with Crippen molar-refractivity contribution >= 4 is 0 Å². The van der Waals surface area contributed by atoms with Crippen molar-refractivity contribution in [2.75, 3.05) is 7.05 Å². The van der Waals surface area contributed by atoms with E-state index in [9.17, 15) is 4.39 Å². The monoisotopic (exact) mass is 244 g/mol. The van der Waals surface area contributed by atoms with E-state index in [0.29, 0.717) is 0 Å². The third-order valence-electron chi connectivity index (χ3n) is 2.98. The average Bonchev–Trinajstić information content (AvgIpc) is 2.36. The fourth-order valence-electron chi connectivity index (χ4n) is 2.06. The molecule has 0 saturated carbocycles. The van der Waals surface area contributed by atoms with Gasteiger partial charge in [-0.3, -0.25) is 4.98 Å². The van der Waals surface area contributed by atoms with E-state index in [1.807, 2.05) is 32.4 Å². The Morgan fingerprint density at radius 1 is 1.28 bits per heavy atom. The summed E-state index contributed by atoms with van der Waals surface area (Å²) in [5.41, 5.74) is 3.24. The summed E-state index contributed by atoms with van der Waals surface area (Å²) in [5.74, 6) is -0.190. The second-order valence-electron chi connectivity index (χ2n) is 4.47. The molecule has 2 nitrogen and oxygen atoms in total. The van der Waals surface area contributed by atoms with Crippen LogP contribution in [0.25, 0.3) is 0 Å². The summed E-state index contributed by atoms with van der Waals surface area (Å²) in [7, 11) is 1.91. The lowest BCUT2D eigenvalue weighted by atomic mass is 9.99. The number of rotatable bonds is 4. The Kier molecular flexibility index (Phi) is 4.05. The number of nitrogens with one attached hydrogen (secondary N) is 1. The molecular weight excluding hydrogens is 227 g/mol. The highest BCUT2D eigenvalue weighted by molar-refractivity contribution is 5.24. The molecule has 94 valence electrons. The van der Waals surface area contributed by atoms with Crippen molar-refractivity contribution in [3.8, 4) is 0 Å². The Morgan fingerprint density at radius 2 is 2.11 bits per heavy atom. The lowest BCUT2D eigenvalue weighted by Gasteiger charge is -2.16. The van der Waals surface area contributed by atoms with Gasteiger partial charge in [0.1, 0.15) is 5.82 Å². The van der Waals surface area contributed by atoms with E-state index in [0.717, 1.165) is 23.1 Å². The first-order chi connectivity index (χ1) is 8.69. The molecule has 1 unspecified atom stereocenters. The fraction of sp³-hybridized carbons (Fsp3) is 0.267. The third-order valence-corrected chi connectivity index (χ3v) is 2.98. The van der Waals surface area contributed by atoms with E-state index in [1.165, 1.54) is 6.07 Å². The summed E-state index contributed by atoms with van der Waals surface area (Å²) in [5, 5.41) is 3.25. The van der Waals surface area contributed by atoms with Crippen molar-refractivity contribution in [2.24, 2.45) is 0 Å². The van der Waals surface area contributed by atoms with Crippen molar-refractivity contribution in [2.45, 2.75) is 19.4 Å². The average molecular weight is 244 g/mol. The molecule has 3 heteroatoms. The summed E-state index contributed by atoms with van der Waals surface area (Å²) in [4.78, 5) is 4.20. The van der Waals surface area contributed by atoms with E-state index < -0.39 is 0 Å². The van der Waals surface area contributed by atoms with Crippen LogP contribution in [0.2, 0.25) is 0 Å². The van der Waals surface area contributed by atoms with Crippen LogP contribution in [0.4, 0.5) is 4.39 Å². The predicted octanol–water partition coefficient (Wildman–Crippen LogP) is 3.03. The zero-order valence-electron chi connectivity index (χ0n) is 10.7. The van der Waals surface area contributed by atoms with Crippen LogP contribution < -0.4 is 5.32 Å². The smallest absolute Gasteiger partial charge is 0.123 e. The summed E-state index contributed by atoms with van der Waals surface area (Å²) < 4.78 is 13.2. The molecule has 2 aromatic rings. The third kappa shape index (κ3) is 3.14. The number of likely N-dealkylation sites (N-methyl/N-ethyl adjacent to an activating group) is 1. The predicted molar refractivity (Wildman–Crippen MR) is 70.9 cm³/mol. The van der Waals surface area contributed by atoms with Crippen LogP contribution >= 0.6 is 0 Å². The largest absolute Gasteiger partial charge is 0.313 e. The first-order valence-corrected chi connectivity index (χ1v) is 6.02. The van der Waals surface area contributed by atoms with Crippen LogP contribution in [-0.4, -0.2) is 12.0 Å². The molecular formula is C15H17FN2. The molecule has 1 aromatic carbocycles. The van der Waals surface area contributed by atoms with E-state index in [1.54, 1.807) is 12.1 Å². The number of benzene rings is 1. The molecule has 0 spiro atoms. The van der Waals surface area contributed by atoms with Crippen molar-refractivity contribution in [3.63, 3.8) is 0 Å². The van der Waals surface area contributed by atoms with Crippen LogP contribution in [-0.2, 0) is 6.42 Å². The minimum atomic E-state index is -0.190. The van der Waals surface area contributed by atoms with Gasteiger partial charge in [-0.2, -0.15) is 0 Å². The van der Waals surface area contributed by atoms with Crippen molar-refractivity contribution in [1.82, 2.24) is 10.3 Å². The van der Waals surface area contributed by atoms with Gasteiger partial charge in [-0.15, -0.1) is 0 Å². The van der Waals surface area contributed by atoms with Gasteiger partial charge < -0.3 is 5.32 Å². The van der Waals surface area contributed by atoms with Crippen LogP contribution in [0.3, 0.4) is 0 Å². The Labute approximate surface area is 107 Å². The molecule has 0 fully saturated rings. The zero-order chi connectivity index (χ0) is 13.0. The van der Waals surface area contributed by atoms with Gasteiger partial charge >= 0.3 is 0 Å². The van der Waals surface area contributed by atoms with Gasteiger partial charge in [0.2, 0.25) is 0 Å². The van der Waals surface area contributed by atoms with Crippen molar-refractivity contribution in [3.05, 3.63) is 65.2 Å². The van der Waals surface area contributed by atoms with Gasteiger partial charge in [-0.1, -0.05) is 18.2 Å². The van der Waals surface area contributed by atoms with E-state index in [4.69, 9.17) is 0 Å². The minimum Gasteiger partial charge on any atom is -0.313 e. The van der Waals surface area contributed by atoms with Crippen LogP contribution in [0.1, 0.15) is 22.7 Å². The van der Waals surface area contributed by atoms with Crippen molar-refractivity contribution < 1.29 is 4.39 Å². The number of hydrogen-bond acceptors (Lipinski definition) is 2. The summed E-state index contributed by atoms with van der Waals surface area (Å²) in [6.45, 7) is 2.02. The Bertz CT molecular complexity index is 525. The van der Waals surface area contributed by atoms with Crippen LogP contribution in [0.15, 0.2) is 42.7 Å². The van der Waals surface area contributed by atoms with Gasteiger partial charge in [0.05, 0.1) is 0 Å². The molecule has 1 atom stereocenters. The highest BCUT2D eigenvalue weighted by Crippen LogP contribution is 2.18. The van der Waals surface area contributed by atoms with E-state index >= 15 is 0 Å². The van der Waals surface area contributed by atoms with Gasteiger partial charge in [0.15, 0.2) is 0 Å². The molecule has 1 aromatic heterocycles. The first kappa shape index (κ1) is 12.7. The minimum absolute atomic E-state index is 0.152. The molecule has 0 aliphatic carbocycles. The molecule has 0 saturated heterocycles. The molecule has 0 radical (unpaired) electrons. The maximum atomic E-state index is 13.2. The molecule has 18 heavy (non-hydrogen) atoms. The quantitative estimate of drug-likeness (QED) is 0.894.